The Bertz CT molecular complexity index is 397. The third kappa shape index (κ3) is 2.78. The second-order valence-electron chi connectivity index (χ2n) is 5.27. The first-order valence-corrected chi connectivity index (χ1v) is 5.82. The predicted molar refractivity (Wildman–Crippen MR) is 67.2 cm³/mol. The number of hydrogen-bond donors (Lipinski definition) is 1. The van der Waals surface area contributed by atoms with Crippen molar-refractivity contribution in [3.63, 3.8) is 0 Å². The van der Waals surface area contributed by atoms with Crippen molar-refractivity contribution in [3.05, 3.63) is 29.1 Å². The van der Waals surface area contributed by atoms with E-state index in [2.05, 4.69) is 0 Å². The number of halogens is 1. The molecule has 0 aliphatic heterocycles. The molecule has 3 heteroatoms. The van der Waals surface area contributed by atoms with Crippen LogP contribution < -0.4 is 4.74 Å². The predicted octanol–water partition coefficient (Wildman–Crippen LogP) is 3.23. The van der Waals surface area contributed by atoms with E-state index in [0.29, 0.717) is 11.3 Å². The second-order valence-corrected chi connectivity index (χ2v) is 5.27. The Labute approximate surface area is 102 Å². The van der Waals surface area contributed by atoms with Crippen molar-refractivity contribution in [2.75, 3.05) is 13.7 Å². The van der Waals surface area contributed by atoms with E-state index in [9.17, 15) is 9.50 Å². The molecule has 17 heavy (non-hydrogen) atoms. The summed E-state index contributed by atoms with van der Waals surface area (Å²) in [7, 11) is 1.54. The molecule has 96 valence electrons. The highest BCUT2D eigenvalue weighted by molar-refractivity contribution is 5.43. The quantitative estimate of drug-likeness (QED) is 0.875. The van der Waals surface area contributed by atoms with Crippen LogP contribution >= 0.6 is 0 Å². The smallest absolute Gasteiger partial charge is 0.130 e. The van der Waals surface area contributed by atoms with Gasteiger partial charge in [-0.25, -0.2) is 4.39 Å². The van der Waals surface area contributed by atoms with E-state index in [0.717, 1.165) is 5.56 Å². The number of benzene rings is 1. The summed E-state index contributed by atoms with van der Waals surface area (Å²) in [5.74, 6) is 0.351. The van der Waals surface area contributed by atoms with Gasteiger partial charge < -0.3 is 9.84 Å². The molecule has 0 heterocycles. The number of ether oxygens (including phenoxy) is 1. The summed E-state index contributed by atoms with van der Waals surface area (Å²) >= 11 is 0. The minimum Gasteiger partial charge on any atom is -0.496 e. The monoisotopic (exact) mass is 240 g/mol. The van der Waals surface area contributed by atoms with Gasteiger partial charge in [0.2, 0.25) is 0 Å². The Morgan fingerprint density at radius 1 is 1.35 bits per heavy atom. The third-order valence-electron chi connectivity index (χ3n) is 3.07. The first-order valence-electron chi connectivity index (χ1n) is 5.82. The minimum absolute atomic E-state index is 0.0311. The van der Waals surface area contributed by atoms with Gasteiger partial charge in [0.25, 0.3) is 0 Å². The summed E-state index contributed by atoms with van der Waals surface area (Å²) in [6, 6.07) is 3.31. The lowest BCUT2D eigenvalue weighted by molar-refractivity contribution is 0.217. The van der Waals surface area contributed by atoms with E-state index >= 15 is 0 Å². The number of aliphatic hydroxyl groups excluding tert-OH is 1. The van der Waals surface area contributed by atoms with Crippen LogP contribution in [0.15, 0.2) is 12.1 Å². The molecule has 0 fully saturated rings. The average Bonchev–Trinajstić information content (AvgIpc) is 2.27. The fraction of sp³-hybridized carbons (Fsp3) is 0.571. The topological polar surface area (TPSA) is 29.5 Å². The van der Waals surface area contributed by atoms with Gasteiger partial charge in [-0.3, -0.25) is 0 Å². The van der Waals surface area contributed by atoms with E-state index in [1.54, 1.807) is 0 Å². The molecule has 0 bridgehead atoms. The molecule has 0 aliphatic carbocycles. The molecule has 1 rings (SSSR count). The first kappa shape index (κ1) is 14.0. The molecule has 0 aliphatic rings. The molecule has 1 aromatic rings. The minimum atomic E-state index is -0.469. The molecule has 0 saturated carbocycles. The van der Waals surface area contributed by atoms with E-state index < -0.39 is 5.41 Å². The maximum Gasteiger partial charge on any atom is 0.130 e. The molecule has 0 amide bonds. The van der Waals surface area contributed by atoms with Crippen LogP contribution in [0.1, 0.15) is 44.7 Å². The fourth-order valence-corrected chi connectivity index (χ4v) is 1.80. The summed E-state index contributed by atoms with van der Waals surface area (Å²) in [4.78, 5) is 0. The van der Waals surface area contributed by atoms with Gasteiger partial charge in [-0.1, -0.05) is 27.7 Å². The number of methoxy groups -OCH3 is 1. The van der Waals surface area contributed by atoms with Gasteiger partial charge in [0.15, 0.2) is 0 Å². The van der Waals surface area contributed by atoms with Crippen LogP contribution in [0.2, 0.25) is 0 Å². The van der Waals surface area contributed by atoms with Crippen molar-refractivity contribution in [2.45, 2.75) is 39.0 Å². The second kappa shape index (κ2) is 5.05. The molecule has 0 radical (unpaired) electrons. The van der Waals surface area contributed by atoms with Gasteiger partial charge in [-0.15, -0.1) is 0 Å². The van der Waals surface area contributed by atoms with Crippen molar-refractivity contribution in [3.8, 4) is 5.75 Å². The van der Waals surface area contributed by atoms with Crippen molar-refractivity contribution >= 4 is 0 Å². The lowest BCUT2D eigenvalue weighted by atomic mass is 9.84. The van der Waals surface area contributed by atoms with Gasteiger partial charge in [-0.05, 0) is 23.6 Å². The molecule has 1 N–H and O–H groups in total. The molecule has 0 aromatic heterocycles. The van der Waals surface area contributed by atoms with E-state index in [1.807, 2.05) is 33.8 Å². The number of rotatable bonds is 4. The maximum absolute atomic E-state index is 14.1. The zero-order valence-electron chi connectivity index (χ0n) is 11.2. The van der Waals surface area contributed by atoms with Crippen LogP contribution in [0.25, 0.3) is 0 Å². The lowest BCUT2D eigenvalue weighted by Gasteiger charge is -2.24. The Balaban J connectivity index is 3.37. The van der Waals surface area contributed by atoms with Crippen molar-refractivity contribution in [1.29, 1.82) is 0 Å². The molecule has 0 saturated heterocycles. The summed E-state index contributed by atoms with van der Waals surface area (Å²) in [5, 5.41) is 9.32. The Morgan fingerprint density at radius 3 is 2.35 bits per heavy atom. The first-order chi connectivity index (χ1) is 7.83. The fourth-order valence-electron chi connectivity index (χ4n) is 1.80. The number of aliphatic hydroxyl groups is 1. The SMILES string of the molecule is COc1cc(C(C)(C)CO)cc(F)c1C(C)C. The largest absolute Gasteiger partial charge is 0.496 e. The zero-order chi connectivity index (χ0) is 13.2. The van der Waals surface area contributed by atoms with E-state index in [-0.39, 0.29) is 18.3 Å². The van der Waals surface area contributed by atoms with Crippen LogP contribution in [-0.2, 0) is 5.41 Å². The highest BCUT2D eigenvalue weighted by Gasteiger charge is 2.24. The van der Waals surface area contributed by atoms with Gasteiger partial charge in [0.1, 0.15) is 11.6 Å². The summed E-state index contributed by atoms with van der Waals surface area (Å²) < 4.78 is 19.3. The summed E-state index contributed by atoms with van der Waals surface area (Å²) in [6.45, 7) is 7.57. The summed E-state index contributed by atoms with van der Waals surface area (Å²) in [6.07, 6.45) is 0. The Hall–Kier alpha value is -1.09. The molecule has 0 atom stereocenters. The van der Waals surface area contributed by atoms with Crippen LogP contribution in [0.3, 0.4) is 0 Å². The maximum atomic E-state index is 14.1. The molecular formula is C14H21FO2. The average molecular weight is 240 g/mol. The van der Waals surface area contributed by atoms with E-state index in [1.165, 1.54) is 13.2 Å². The van der Waals surface area contributed by atoms with E-state index in [4.69, 9.17) is 4.74 Å². The van der Waals surface area contributed by atoms with Gasteiger partial charge in [0.05, 0.1) is 13.7 Å². The lowest BCUT2D eigenvalue weighted by Crippen LogP contribution is -2.22. The molecule has 0 spiro atoms. The highest BCUT2D eigenvalue weighted by atomic mass is 19.1. The standard InChI is InChI=1S/C14H21FO2/c1-9(2)13-11(15)6-10(7-12(13)17-5)14(3,4)8-16/h6-7,9,16H,8H2,1-5H3. The molecule has 1 aromatic carbocycles. The number of hydrogen-bond acceptors (Lipinski definition) is 2. The van der Waals surface area contributed by atoms with Crippen molar-refractivity contribution in [1.82, 2.24) is 0 Å². The molecule has 2 nitrogen and oxygen atoms in total. The molecule has 0 unspecified atom stereocenters. The van der Waals surface area contributed by atoms with Crippen LogP contribution in [0, 0.1) is 5.82 Å². The zero-order valence-corrected chi connectivity index (χ0v) is 11.2. The normalized spacial score (nSPS) is 12.0. The van der Waals surface area contributed by atoms with Crippen LogP contribution in [0.4, 0.5) is 4.39 Å². The van der Waals surface area contributed by atoms with Crippen LogP contribution in [0.5, 0.6) is 5.75 Å². The van der Waals surface area contributed by atoms with Crippen molar-refractivity contribution < 1.29 is 14.2 Å². The van der Waals surface area contributed by atoms with Gasteiger partial charge in [-0.2, -0.15) is 0 Å². The molecular weight excluding hydrogens is 219 g/mol. The van der Waals surface area contributed by atoms with Gasteiger partial charge >= 0.3 is 0 Å². The van der Waals surface area contributed by atoms with Crippen molar-refractivity contribution in [2.24, 2.45) is 0 Å². The van der Waals surface area contributed by atoms with Crippen LogP contribution in [-0.4, -0.2) is 18.8 Å². The Kier molecular flexibility index (Phi) is 4.15. The third-order valence-corrected chi connectivity index (χ3v) is 3.07. The van der Waals surface area contributed by atoms with Gasteiger partial charge in [0, 0.05) is 11.0 Å². The summed E-state index contributed by atoms with van der Waals surface area (Å²) in [5.41, 5.74) is 0.868. The highest BCUT2D eigenvalue weighted by Crippen LogP contribution is 2.34. The Morgan fingerprint density at radius 2 is 1.94 bits per heavy atom.